The lowest BCUT2D eigenvalue weighted by atomic mass is 9.93. The molecule has 0 unspecified atom stereocenters. The molecule has 1 aromatic rings. The van der Waals surface area contributed by atoms with E-state index in [9.17, 15) is 14.4 Å². The fourth-order valence-corrected chi connectivity index (χ4v) is 3.25. The van der Waals surface area contributed by atoms with Crippen molar-refractivity contribution >= 4 is 11.7 Å². The van der Waals surface area contributed by atoms with E-state index in [1.807, 2.05) is 13.8 Å². The van der Waals surface area contributed by atoms with E-state index in [1.165, 1.54) is 6.07 Å². The molecule has 2 aliphatic rings. The van der Waals surface area contributed by atoms with E-state index in [4.69, 9.17) is 4.74 Å². The first-order chi connectivity index (χ1) is 10.5. The fourth-order valence-electron chi connectivity index (χ4n) is 3.25. The van der Waals surface area contributed by atoms with Gasteiger partial charge in [-0.05, 0) is 32.8 Å². The molecule has 0 bridgehead atoms. The highest BCUT2D eigenvalue weighted by Crippen LogP contribution is 2.20. The standard InChI is InChI=1S/C16H20N2O4/c1-9-7-18(8-10(2)22-9)16(21)12-6-11-13(17-15(12)20)4-3-5-14(11)19/h6,9-10H,3-5,7-8H2,1-2H3,(H,17,20)/t9-,10-/m0/s1. The number of hydrogen-bond donors (Lipinski definition) is 1. The number of aryl methyl sites for hydroxylation is 1. The molecule has 6 heteroatoms. The number of carbonyl (C=O) groups is 2. The largest absolute Gasteiger partial charge is 0.372 e. The zero-order valence-corrected chi connectivity index (χ0v) is 12.8. The Labute approximate surface area is 128 Å². The second-order valence-corrected chi connectivity index (χ2v) is 6.15. The number of H-pyrrole nitrogens is 1. The third kappa shape index (κ3) is 2.70. The number of Topliss-reactive ketones (excluding diaryl/α,β-unsaturated/α-hetero) is 1. The van der Waals surface area contributed by atoms with Crippen molar-refractivity contribution in [3.8, 4) is 0 Å². The van der Waals surface area contributed by atoms with Crippen LogP contribution >= 0.6 is 0 Å². The second-order valence-electron chi connectivity index (χ2n) is 6.15. The molecule has 6 nitrogen and oxygen atoms in total. The van der Waals surface area contributed by atoms with Gasteiger partial charge in [-0.15, -0.1) is 0 Å². The van der Waals surface area contributed by atoms with E-state index in [0.717, 1.165) is 6.42 Å². The van der Waals surface area contributed by atoms with Crippen LogP contribution in [0.4, 0.5) is 0 Å². The molecule has 1 aliphatic heterocycles. The van der Waals surface area contributed by atoms with Crippen LogP contribution in [-0.2, 0) is 11.2 Å². The van der Waals surface area contributed by atoms with Gasteiger partial charge in [0, 0.05) is 30.8 Å². The second kappa shape index (κ2) is 5.68. The summed E-state index contributed by atoms with van der Waals surface area (Å²) in [6.07, 6.45) is 1.76. The number of ether oxygens (including phenoxy) is 1. The Morgan fingerprint density at radius 1 is 1.23 bits per heavy atom. The molecule has 2 heterocycles. The summed E-state index contributed by atoms with van der Waals surface area (Å²) in [5, 5.41) is 0. The van der Waals surface area contributed by atoms with Gasteiger partial charge in [0.15, 0.2) is 5.78 Å². The first kappa shape index (κ1) is 15.0. The minimum absolute atomic E-state index is 0.00439. The predicted molar refractivity (Wildman–Crippen MR) is 80.2 cm³/mol. The van der Waals surface area contributed by atoms with Gasteiger partial charge in [-0.1, -0.05) is 0 Å². The number of nitrogens with zero attached hydrogens (tertiary/aromatic N) is 1. The quantitative estimate of drug-likeness (QED) is 0.844. The van der Waals surface area contributed by atoms with Gasteiger partial charge in [0.1, 0.15) is 5.56 Å². The van der Waals surface area contributed by atoms with Crippen molar-refractivity contribution < 1.29 is 14.3 Å². The monoisotopic (exact) mass is 304 g/mol. The summed E-state index contributed by atoms with van der Waals surface area (Å²) in [5.74, 6) is -0.334. The first-order valence-electron chi connectivity index (χ1n) is 7.70. The first-order valence-corrected chi connectivity index (χ1v) is 7.70. The Morgan fingerprint density at radius 2 is 1.91 bits per heavy atom. The normalized spacial score (nSPS) is 25.0. The van der Waals surface area contributed by atoms with Crippen molar-refractivity contribution in [1.82, 2.24) is 9.88 Å². The summed E-state index contributed by atoms with van der Waals surface area (Å²) in [5.41, 5.74) is 0.783. The number of rotatable bonds is 1. The van der Waals surface area contributed by atoms with Crippen LogP contribution in [0.15, 0.2) is 10.9 Å². The van der Waals surface area contributed by atoms with Gasteiger partial charge in [0.2, 0.25) is 0 Å². The highest BCUT2D eigenvalue weighted by molar-refractivity contribution is 6.01. The number of ketones is 1. The zero-order valence-electron chi connectivity index (χ0n) is 12.8. The Bertz CT molecular complexity index is 669. The molecule has 1 aromatic heterocycles. The molecule has 2 atom stereocenters. The molecular weight excluding hydrogens is 284 g/mol. The van der Waals surface area contributed by atoms with Crippen LogP contribution in [0, 0.1) is 0 Å². The Hall–Kier alpha value is -1.95. The molecule has 0 saturated carbocycles. The van der Waals surface area contributed by atoms with Crippen molar-refractivity contribution in [1.29, 1.82) is 0 Å². The number of pyridine rings is 1. The van der Waals surface area contributed by atoms with E-state index < -0.39 is 5.56 Å². The maximum atomic E-state index is 12.6. The summed E-state index contributed by atoms with van der Waals surface area (Å²) in [7, 11) is 0. The molecule has 0 aromatic carbocycles. The number of carbonyl (C=O) groups excluding carboxylic acids is 2. The van der Waals surface area contributed by atoms with Crippen LogP contribution in [0.3, 0.4) is 0 Å². The molecule has 0 radical (unpaired) electrons. The average molecular weight is 304 g/mol. The van der Waals surface area contributed by atoms with Crippen LogP contribution in [-0.4, -0.2) is 46.9 Å². The van der Waals surface area contributed by atoms with Crippen molar-refractivity contribution in [2.24, 2.45) is 0 Å². The van der Waals surface area contributed by atoms with E-state index >= 15 is 0 Å². The van der Waals surface area contributed by atoms with Crippen molar-refractivity contribution in [3.05, 3.63) is 33.2 Å². The van der Waals surface area contributed by atoms with E-state index in [0.29, 0.717) is 37.2 Å². The van der Waals surface area contributed by atoms with Gasteiger partial charge in [-0.2, -0.15) is 0 Å². The Balaban J connectivity index is 1.94. The van der Waals surface area contributed by atoms with Gasteiger partial charge < -0.3 is 14.6 Å². The summed E-state index contributed by atoms with van der Waals surface area (Å²) in [6.45, 7) is 4.70. The lowest BCUT2D eigenvalue weighted by molar-refractivity contribution is -0.0586. The van der Waals surface area contributed by atoms with Crippen LogP contribution in [0.2, 0.25) is 0 Å². The Morgan fingerprint density at radius 3 is 2.59 bits per heavy atom. The third-order valence-electron chi connectivity index (χ3n) is 4.19. The molecular formula is C16H20N2O4. The number of aromatic nitrogens is 1. The Kier molecular flexibility index (Phi) is 3.87. The number of fused-ring (bicyclic) bond motifs is 1. The van der Waals surface area contributed by atoms with Crippen LogP contribution in [0.5, 0.6) is 0 Å². The van der Waals surface area contributed by atoms with Gasteiger partial charge in [0.05, 0.1) is 12.2 Å². The third-order valence-corrected chi connectivity index (χ3v) is 4.19. The average Bonchev–Trinajstić information content (AvgIpc) is 2.45. The van der Waals surface area contributed by atoms with Crippen molar-refractivity contribution in [2.45, 2.75) is 45.3 Å². The van der Waals surface area contributed by atoms with Crippen molar-refractivity contribution in [3.63, 3.8) is 0 Å². The summed E-state index contributed by atoms with van der Waals surface area (Å²) < 4.78 is 5.61. The summed E-state index contributed by atoms with van der Waals surface area (Å²) in [4.78, 5) is 41.2. The van der Waals surface area contributed by atoms with Gasteiger partial charge >= 0.3 is 0 Å². The molecule has 1 aliphatic carbocycles. The summed E-state index contributed by atoms with van der Waals surface area (Å²) >= 11 is 0. The van der Waals surface area contributed by atoms with Crippen LogP contribution in [0.25, 0.3) is 0 Å². The van der Waals surface area contributed by atoms with E-state index in [-0.39, 0.29) is 29.5 Å². The smallest absolute Gasteiger partial charge is 0.261 e. The predicted octanol–water partition coefficient (Wildman–Crippen LogP) is 1.14. The molecule has 1 N–H and O–H groups in total. The molecule has 1 amide bonds. The zero-order chi connectivity index (χ0) is 15.9. The highest BCUT2D eigenvalue weighted by Gasteiger charge is 2.29. The minimum atomic E-state index is -0.412. The molecule has 1 saturated heterocycles. The maximum Gasteiger partial charge on any atom is 0.261 e. The molecule has 1 fully saturated rings. The minimum Gasteiger partial charge on any atom is -0.372 e. The van der Waals surface area contributed by atoms with E-state index in [2.05, 4.69) is 4.98 Å². The van der Waals surface area contributed by atoms with Crippen molar-refractivity contribution in [2.75, 3.05) is 13.1 Å². The van der Waals surface area contributed by atoms with Gasteiger partial charge in [-0.25, -0.2) is 0 Å². The lowest BCUT2D eigenvalue weighted by Crippen LogP contribution is -2.49. The number of morpholine rings is 1. The molecule has 118 valence electrons. The maximum absolute atomic E-state index is 12.6. The lowest BCUT2D eigenvalue weighted by Gasteiger charge is -2.35. The highest BCUT2D eigenvalue weighted by atomic mass is 16.5. The number of hydrogen-bond acceptors (Lipinski definition) is 4. The number of nitrogens with one attached hydrogen (secondary N) is 1. The van der Waals surface area contributed by atoms with Crippen LogP contribution < -0.4 is 5.56 Å². The number of aromatic amines is 1. The van der Waals surface area contributed by atoms with Crippen LogP contribution in [0.1, 0.15) is 53.1 Å². The van der Waals surface area contributed by atoms with E-state index in [1.54, 1.807) is 4.90 Å². The van der Waals surface area contributed by atoms with Gasteiger partial charge in [-0.3, -0.25) is 14.4 Å². The SMILES string of the molecule is C[C@H]1CN(C(=O)c2cc3c([nH]c2=O)CCCC3=O)C[C@H](C)O1. The number of amides is 1. The topological polar surface area (TPSA) is 79.5 Å². The molecule has 3 rings (SSSR count). The molecule has 0 spiro atoms. The summed E-state index contributed by atoms with van der Waals surface area (Å²) in [6, 6.07) is 1.47. The van der Waals surface area contributed by atoms with Gasteiger partial charge in [0.25, 0.3) is 11.5 Å². The fraction of sp³-hybridized carbons (Fsp3) is 0.562. The molecule has 22 heavy (non-hydrogen) atoms.